The zero-order valence-corrected chi connectivity index (χ0v) is 12.4. The number of hydrogen-bond acceptors (Lipinski definition) is 2. The molecule has 0 aromatic heterocycles. The lowest BCUT2D eigenvalue weighted by molar-refractivity contribution is 0.101. The van der Waals surface area contributed by atoms with Crippen molar-refractivity contribution in [2.24, 2.45) is 5.92 Å². The number of benzene rings is 1. The topological polar surface area (TPSA) is 17.1 Å². The van der Waals surface area contributed by atoms with Gasteiger partial charge < -0.3 is 0 Å². The highest BCUT2D eigenvalue weighted by Gasteiger charge is 2.15. The van der Waals surface area contributed by atoms with Crippen molar-refractivity contribution in [3.8, 4) is 0 Å². The van der Waals surface area contributed by atoms with Gasteiger partial charge in [0.25, 0.3) is 0 Å². The van der Waals surface area contributed by atoms with Crippen LogP contribution in [0, 0.1) is 5.92 Å². The molecule has 0 saturated heterocycles. The van der Waals surface area contributed by atoms with Crippen molar-refractivity contribution in [2.75, 3.05) is 5.75 Å². The first-order valence-electron chi connectivity index (χ1n) is 6.10. The highest BCUT2D eigenvalue weighted by molar-refractivity contribution is 9.10. The Morgan fingerprint density at radius 2 is 2.12 bits per heavy atom. The molecule has 0 aliphatic heterocycles. The maximum atomic E-state index is 11.2. The second kappa shape index (κ2) is 6.05. The SMILES string of the molecule is CC(=O)c1ccc(SCC2CCCC2)c(Br)c1. The Morgan fingerprint density at radius 3 is 2.71 bits per heavy atom. The predicted molar refractivity (Wildman–Crippen MR) is 76.8 cm³/mol. The van der Waals surface area contributed by atoms with E-state index >= 15 is 0 Å². The smallest absolute Gasteiger partial charge is 0.159 e. The highest BCUT2D eigenvalue weighted by Crippen LogP contribution is 2.34. The number of carbonyl (C=O) groups excluding carboxylic acids is 1. The van der Waals surface area contributed by atoms with Crippen LogP contribution in [-0.2, 0) is 0 Å². The summed E-state index contributed by atoms with van der Waals surface area (Å²) >= 11 is 5.46. The van der Waals surface area contributed by atoms with E-state index in [1.807, 2.05) is 23.9 Å². The molecule has 0 spiro atoms. The van der Waals surface area contributed by atoms with Gasteiger partial charge in [0, 0.05) is 20.7 Å². The molecule has 1 aliphatic rings. The molecule has 1 fully saturated rings. The fourth-order valence-corrected chi connectivity index (χ4v) is 4.05. The number of ketones is 1. The zero-order valence-electron chi connectivity index (χ0n) is 10.0. The monoisotopic (exact) mass is 312 g/mol. The van der Waals surface area contributed by atoms with E-state index in [1.165, 1.54) is 36.3 Å². The second-order valence-corrected chi connectivity index (χ2v) is 6.58. The molecule has 0 bridgehead atoms. The largest absolute Gasteiger partial charge is 0.295 e. The molecule has 1 aliphatic carbocycles. The third kappa shape index (κ3) is 3.59. The quantitative estimate of drug-likeness (QED) is 0.579. The number of halogens is 1. The van der Waals surface area contributed by atoms with Crippen LogP contribution >= 0.6 is 27.7 Å². The normalized spacial score (nSPS) is 16.4. The fourth-order valence-electron chi connectivity index (χ4n) is 2.22. The van der Waals surface area contributed by atoms with Crippen molar-refractivity contribution in [3.05, 3.63) is 28.2 Å². The molecule has 1 saturated carbocycles. The number of rotatable bonds is 4. The number of thioether (sulfide) groups is 1. The lowest BCUT2D eigenvalue weighted by Crippen LogP contribution is -1.97. The van der Waals surface area contributed by atoms with Crippen molar-refractivity contribution in [1.82, 2.24) is 0 Å². The van der Waals surface area contributed by atoms with Gasteiger partial charge in [0.2, 0.25) is 0 Å². The Kier molecular flexibility index (Phi) is 4.69. The molecule has 0 radical (unpaired) electrons. The number of carbonyl (C=O) groups is 1. The summed E-state index contributed by atoms with van der Waals surface area (Å²) in [5.41, 5.74) is 0.780. The molecule has 1 aromatic carbocycles. The first-order valence-corrected chi connectivity index (χ1v) is 7.88. The Balaban J connectivity index is 1.98. The predicted octanol–water partition coefficient (Wildman–Crippen LogP) is 4.93. The van der Waals surface area contributed by atoms with Crippen molar-refractivity contribution in [3.63, 3.8) is 0 Å². The minimum atomic E-state index is 0.123. The van der Waals surface area contributed by atoms with Crippen molar-refractivity contribution in [1.29, 1.82) is 0 Å². The number of Topliss-reactive ketones (excluding diaryl/α,β-unsaturated/α-hetero) is 1. The van der Waals surface area contributed by atoms with Crippen LogP contribution in [0.3, 0.4) is 0 Å². The van der Waals surface area contributed by atoms with Crippen LogP contribution in [0.4, 0.5) is 0 Å². The summed E-state index contributed by atoms with van der Waals surface area (Å²) < 4.78 is 1.05. The Morgan fingerprint density at radius 1 is 1.41 bits per heavy atom. The zero-order chi connectivity index (χ0) is 12.3. The molecule has 92 valence electrons. The molecule has 3 heteroatoms. The van der Waals surface area contributed by atoms with Gasteiger partial charge in [-0.3, -0.25) is 4.79 Å². The lowest BCUT2D eigenvalue weighted by Gasteiger charge is -2.10. The third-order valence-electron chi connectivity index (χ3n) is 3.29. The molecular weight excluding hydrogens is 296 g/mol. The Bertz CT molecular complexity index is 411. The van der Waals surface area contributed by atoms with Crippen LogP contribution in [0.1, 0.15) is 43.0 Å². The highest BCUT2D eigenvalue weighted by atomic mass is 79.9. The van der Waals surface area contributed by atoms with E-state index in [0.717, 1.165) is 16.0 Å². The minimum absolute atomic E-state index is 0.123. The molecule has 0 unspecified atom stereocenters. The second-order valence-electron chi connectivity index (χ2n) is 4.66. The Labute approximate surface area is 115 Å². The van der Waals surface area contributed by atoms with E-state index in [9.17, 15) is 4.79 Å². The average Bonchev–Trinajstić information content (AvgIpc) is 2.80. The summed E-state index contributed by atoms with van der Waals surface area (Å²) in [6.45, 7) is 1.60. The third-order valence-corrected chi connectivity index (χ3v) is 5.51. The van der Waals surface area contributed by atoms with Crippen molar-refractivity contribution in [2.45, 2.75) is 37.5 Å². The van der Waals surface area contributed by atoms with Crippen LogP contribution in [0.2, 0.25) is 0 Å². The van der Waals surface area contributed by atoms with Crippen LogP contribution in [0.15, 0.2) is 27.6 Å². The van der Waals surface area contributed by atoms with Gasteiger partial charge in [0.15, 0.2) is 5.78 Å². The van der Waals surface area contributed by atoms with Gasteiger partial charge in [-0.05, 0) is 53.7 Å². The number of hydrogen-bond donors (Lipinski definition) is 0. The van der Waals surface area contributed by atoms with Gasteiger partial charge in [-0.15, -0.1) is 11.8 Å². The Hall–Kier alpha value is -0.280. The van der Waals surface area contributed by atoms with Crippen LogP contribution in [0.5, 0.6) is 0 Å². The first kappa shape index (κ1) is 13.2. The molecule has 17 heavy (non-hydrogen) atoms. The standard InChI is InChI=1S/C14H17BrOS/c1-10(16)12-6-7-14(13(15)8-12)17-9-11-4-2-3-5-11/h6-8,11H,2-5,9H2,1H3. The molecule has 0 amide bonds. The van der Waals surface area contributed by atoms with Crippen LogP contribution < -0.4 is 0 Å². The van der Waals surface area contributed by atoms with E-state index < -0.39 is 0 Å². The van der Waals surface area contributed by atoms with Gasteiger partial charge in [-0.25, -0.2) is 0 Å². The first-order chi connectivity index (χ1) is 8.16. The summed E-state index contributed by atoms with van der Waals surface area (Å²) in [7, 11) is 0. The van der Waals surface area contributed by atoms with Crippen molar-refractivity contribution >= 4 is 33.5 Å². The van der Waals surface area contributed by atoms with E-state index in [2.05, 4.69) is 22.0 Å². The van der Waals surface area contributed by atoms with E-state index in [-0.39, 0.29) is 5.78 Å². The molecule has 1 nitrogen and oxygen atoms in total. The summed E-state index contributed by atoms with van der Waals surface area (Å²) in [5, 5.41) is 0. The van der Waals surface area contributed by atoms with Gasteiger partial charge in [-0.2, -0.15) is 0 Å². The van der Waals surface area contributed by atoms with Crippen LogP contribution in [0.25, 0.3) is 0 Å². The molecule has 0 atom stereocenters. The molecule has 1 aromatic rings. The van der Waals surface area contributed by atoms with Crippen molar-refractivity contribution < 1.29 is 4.79 Å². The summed E-state index contributed by atoms with van der Waals surface area (Å²) in [5.74, 6) is 2.22. The summed E-state index contributed by atoms with van der Waals surface area (Å²) in [6.07, 6.45) is 5.57. The summed E-state index contributed by atoms with van der Waals surface area (Å²) in [6, 6.07) is 5.91. The van der Waals surface area contributed by atoms with Gasteiger partial charge >= 0.3 is 0 Å². The minimum Gasteiger partial charge on any atom is -0.295 e. The van der Waals surface area contributed by atoms with E-state index in [4.69, 9.17) is 0 Å². The van der Waals surface area contributed by atoms with Crippen LogP contribution in [-0.4, -0.2) is 11.5 Å². The molecular formula is C14H17BrOS. The van der Waals surface area contributed by atoms with Gasteiger partial charge in [0.1, 0.15) is 0 Å². The molecule has 2 rings (SSSR count). The maximum Gasteiger partial charge on any atom is 0.159 e. The maximum absolute atomic E-state index is 11.2. The molecule has 0 heterocycles. The lowest BCUT2D eigenvalue weighted by atomic mass is 10.1. The van der Waals surface area contributed by atoms with Gasteiger partial charge in [0.05, 0.1) is 0 Å². The average molecular weight is 313 g/mol. The fraction of sp³-hybridized carbons (Fsp3) is 0.500. The molecule has 0 N–H and O–H groups in total. The van der Waals surface area contributed by atoms with E-state index in [0.29, 0.717) is 0 Å². The van der Waals surface area contributed by atoms with E-state index in [1.54, 1.807) is 6.92 Å². The summed E-state index contributed by atoms with van der Waals surface area (Å²) in [4.78, 5) is 12.5. The van der Waals surface area contributed by atoms with Gasteiger partial charge in [-0.1, -0.05) is 18.9 Å².